The van der Waals surface area contributed by atoms with Crippen LogP contribution in [0, 0.1) is 0 Å². The standard InChI is InChI=1S/C22H21N3OS/c1-2-25-19-7-4-3-6-18(19)24-21(25)14-11-16-9-12-17(13-10-16)23-22(26)20-8-5-15-27-20/h3-10,12-13,15H,2,11,14H2,1H3,(H,23,26). The molecule has 27 heavy (non-hydrogen) atoms. The summed E-state index contributed by atoms with van der Waals surface area (Å²) < 4.78 is 2.28. The van der Waals surface area contributed by atoms with Gasteiger partial charge in [-0.1, -0.05) is 30.3 Å². The highest BCUT2D eigenvalue weighted by Gasteiger charge is 2.10. The van der Waals surface area contributed by atoms with Gasteiger partial charge in [0.2, 0.25) is 0 Å². The lowest BCUT2D eigenvalue weighted by Crippen LogP contribution is -2.10. The maximum atomic E-state index is 12.1. The van der Waals surface area contributed by atoms with Gasteiger partial charge in [0, 0.05) is 18.7 Å². The fraction of sp³-hybridized carbons (Fsp3) is 0.182. The minimum Gasteiger partial charge on any atom is -0.328 e. The van der Waals surface area contributed by atoms with E-state index in [9.17, 15) is 4.79 Å². The molecule has 4 rings (SSSR count). The number of hydrogen-bond donors (Lipinski definition) is 1. The number of aryl methyl sites for hydroxylation is 3. The first-order valence-corrected chi connectivity index (χ1v) is 10.0. The van der Waals surface area contributed by atoms with E-state index in [4.69, 9.17) is 4.98 Å². The van der Waals surface area contributed by atoms with Crippen molar-refractivity contribution in [2.75, 3.05) is 5.32 Å². The van der Waals surface area contributed by atoms with E-state index >= 15 is 0 Å². The van der Waals surface area contributed by atoms with E-state index in [1.165, 1.54) is 22.4 Å². The Morgan fingerprint density at radius 3 is 2.59 bits per heavy atom. The van der Waals surface area contributed by atoms with Gasteiger partial charge in [-0.2, -0.15) is 0 Å². The largest absolute Gasteiger partial charge is 0.328 e. The molecule has 0 aliphatic heterocycles. The zero-order valence-electron chi connectivity index (χ0n) is 15.2. The van der Waals surface area contributed by atoms with Crippen molar-refractivity contribution in [3.05, 3.63) is 82.3 Å². The van der Waals surface area contributed by atoms with Gasteiger partial charge in [0.1, 0.15) is 5.82 Å². The Morgan fingerprint density at radius 1 is 1.04 bits per heavy atom. The number of aromatic nitrogens is 2. The number of carbonyl (C=O) groups excluding carboxylic acids is 1. The van der Waals surface area contributed by atoms with Crippen LogP contribution in [0.3, 0.4) is 0 Å². The van der Waals surface area contributed by atoms with Crippen LogP contribution in [-0.2, 0) is 19.4 Å². The van der Waals surface area contributed by atoms with Crippen LogP contribution in [0.1, 0.15) is 28.0 Å². The summed E-state index contributed by atoms with van der Waals surface area (Å²) in [5.74, 6) is 1.06. The van der Waals surface area contributed by atoms with Gasteiger partial charge in [-0.15, -0.1) is 11.3 Å². The third kappa shape index (κ3) is 3.78. The summed E-state index contributed by atoms with van der Waals surface area (Å²) >= 11 is 1.44. The lowest BCUT2D eigenvalue weighted by Gasteiger charge is -2.07. The fourth-order valence-corrected chi connectivity index (χ4v) is 3.90. The highest BCUT2D eigenvalue weighted by molar-refractivity contribution is 7.12. The Labute approximate surface area is 162 Å². The molecule has 0 spiro atoms. The molecular weight excluding hydrogens is 354 g/mol. The predicted molar refractivity (Wildman–Crippen MR) is 112 cm³/mol. The first-order valence-electron chi connectivity index (χ1n) is 9.12. The SMILES string of the molecule is CCn1c(CCc2ccc(NC(=O)c3cccs3)cc2)nc2ccccc21. The molecule has 0 fully saturated rings. The number of benzene rings is 2. The zero-order chi connectivity index (χ0) is 18.6. The van der Waals surface area contributed by atoms with Gasteiger partial charge >= 0.3 is 0 Å². The lowest BCUT2D eigenvalue weighted by atomic mass is 10.1. The average molecular weight is 375 g/mol. The van der Waals surface area contributed by atoms with E-state index in [0.717, 1.165) is 41.3 Å². The van der Waals surface area contributed by atoms with Crippen molar-refractivity contribution in [1.29, 1.82) is 0 Å². The molecule has 0 saturated heterocycles. The molecule has 0 saturated carbocycles. The molecule has 0 aliphatic carbocycles. The van der Waals surface area contributed by atoms with E-state index in [-0.39, 0.29) is 5.91 Å². The summed E-state index contributed by atoms with van der Waals surface area (Å²) in [6, 6.07) is 20.1. The maximum absolute atomic E-state index is 12.1. The number of carbonyl (C=O) groups is 1. The van der Waals surface area contributed by atoms with Crippen LogP contribution in [0.5, 0.6) is 0 Å². The van der Waals surface area contributed by atoms with Crippen molar-refractivity contribution in [2.45, 2.75) is 26.3 Å². The molecule has 1 amide bonds. The molecular formula is C22H21N3OS. The molecule has 2 aromatic carbocycles. The van der Waals surface area contributed by atoms with Gasteiger partial charge in [0.05, 0.1) is 15.9 Å². The molecule has 2 heterocycles. The van der Waals surface area contributed by atoms with Crippen molar-refractivity contribution in [3.63, 3.8) is 0 Å². The van der Waals surface area contributed by atoms with Crippen LogP contribution in [0.15, 0.2) is 66.0 Å². The highest BCUT2D eigenvalue weighted by atomic mass is 32.1. The fourth-order valence-electron chi connectivity index (χ4n) is 3.28. The third-order valence-electron chi connectivity index (χ3n) is 4.64. The minimum atomic E-state index is -0.0607. The highest BCUT2D eigenvalue weighted by Crippen LogP contribution is 2.19. The normalized spacial score (nSPS) is 11.0. The number of imidazole rings is 1. The van der Waals surface area contributed by atoms with Gasteiger partial charge in [0.25, 0.3) is 5.91 Å². The summed E-state index contributed by atoms with van der Waals surface area (Å²) in [6.45, 7) is 3.08. The van der Waals surface area contributed by atoms with Crippen LogP contribution < -0.4 is 5.32 Å². The number of anilines is 1. The molecule has 1 N–H and O–H groups in total. The quantitative estimate of drug-likeness (QED) is 0.506. The van der Waals surface area contributed by atoms with E-state index < -0.39 is 0 Å². The summed E-state index contributed by atoms with van der Waals surface area (Å²) in [7, 11) is 0. The number of nitrogens with zero attached hydrogens (tertiary/aromatic N) is 2. The second-order valence-electron chi connectivity index (χ2n) is 6.39. The lowest BCUT2D eigenvalue weighted by molar-refractivity contribution is 0.103. The summed E-state index contributed by atoms with van der Waals surface area (Å²) in [6.07, 6.45) is 1.81. The van der Waals surface area contributed by atoms with Crippen LogP contribution in [-0.4, -0.2) is 15.5 Å². The Morgan fingerprint density at radius 2 is 1.85 bits per heavy atom. The molecule has 4 nitrogen and oxygen atoms in total. The number of nitrogens with one attached hydrogen (secondary N) is 1. The van der Waals surface area contributed by atoms with Crippen molar-refractivity contribution in [2.24, 2.45) is 0 Å². The van der Waals surface area contributed by atoms with Crippen LogP contribution in [0.25, 0.3) is 11.0 Å². The number of thiophene rings is 1. The molecule has 0 bridgehead atoms. The zero-order valence-corrected chi connectivity index (χ0v) is 16.0. The second-order valence-corrected chi connectivity index (χ2v) is 7.34. The van der Waals surface area contributed by atoms with Crippen molar-refractivity contribution < 1.29 is 4.79 Å². The Kier molecular flexibility index (Phi) is 5.03. The maximum Gasteiger partial charge on any atom is 0.265 e. The molecule has 0 radical (unpaired) electrons. The Balaban J connectivity index is 1.43. The van der Waals surface area contributed by atoms with Gasteiger partial charge < -0.3 is 9.88 Å². The molecule has 2 aromatic heterocycles. The topological polar surface area (TPSA) is 46.9 Å². The number of fused-ring (bicyclic) bond motifs is 1. The van der Waals surface area contributed by atoms with E-state index in [1.807, 2.05) is 35.7 Å². The van der Waals surface area contributed by atoms with E-state index in [1.54, 1.807) is 0 Å². The number of para-hydroxylation sites is 2. The molecule has 4 aromatic rings. The average Bonchev–Trinajstić information content (AvgIpc) is 3.35. The molecule has 5 heteroatoms. The summed E-state index contributed by atoms with van der Waals surface area (Å²) in [5.41, 5.74) is 4.31. The van der Waals surface area contributed by atoms with E-state index in [0.29, 0.717) is 0 Å². The third-order valence-corrected chi connectivity index (χ3v) is 5.51. The summed E-state index contributed by atoms with van der Waals surface area (Å²) in [5, 5.41) is 4.84. The van der Waals surface area contributed by atoms with Crippen LogP contribution >= 0.6 is 11.3 Å². The van der Waals surface area contributed by atoms with Gasteiger partial charge in [-0.05, 0) is 54.6 Å². The Hall–Kier alpha value is -2.92. The molecule has 0 atom stereocenters. The van der Waals surface area contributed by atoms with Crippen LogP contribution in [0.4, 0.5) is 5.69 Å². The smallest absolute Gasteiger partial charge is 0.265 e. The number of rotatable bonds is 6. The molecule has 0 unspecified atom stereocenters. The predicted octanol–water partition coefficient (Wildman–Crippen LogP) is 5.16. The molecule has 136 valence electrons. The van der Waals surface area contributed by atoms with Crippen molar-refractivity contribution in [1.82, 2.24) is 9.55 Å². The summed E-state index contributed by atoms with van der Waals surface area (Å²) in [4.78, 5) is 17.6. The van der Waals surface area contributed by atoms with Gasteiger partial charge in [0.15, 0.2) is 0 Å². The second kappa shape index (κ2) is 7.76. The first kappa shape index (κ1) is 17.5. The number of amides is 1. The van der Waals surface area contributed by atoms with Gasteiger partial charge in [-0.3, -0.25) is 4.79 Å². The van der Waals surface area contributed by atoms with Gasteiger partial charge in [-0.25, -0.2) is 4.98 Å². The van der Waals surface area contributed by atoms with Crippen molar-refractivity contribution >= 4 is 34.0 Å². The minimum absolute atomic E-state index is 0.0607. The monoisotopic (exact) mass is 375 g/mol. The van der Waals surface area contributed by atoms with E-state index in [2.05, 4.69) is 47.1 Å². The van der Waals surface area contributed by atoms with Crippen molar-refractivity contribution in [3.8, 4) is 0 Å². The van der Waals surface area contributed by atoms with Crippen LogP contribution in [0.2, 0.25) is 0 Å². The molecule has 0 aliphatic rings. The number of hydrogen-bond acceptors (Lipinski definition) is 3. The first-order chi connectivity index (χ1) is 13.2. The Bertz CT molecular complexity index is 1050.